The average Bonchev–Trinajstić information content (AvgIpc) is 3.61. The van der Waals surface area contributed by atoms with Crippen LogP contribution in [0.4, 0.5) is 0 Å². The highest BCUT2D eigenvalue weighted by molar-refractivity contribution is 5.88. The quantitative estimate of drug-likeness (QED) is 0.125. The summed E-state index contributed by atoms with van der Waals surface area (Å²) < 4.78 is 16.6. The predicted octanol–water partition coefficient (Wildman–Crippen LogP) is 5.64. The highest BCUT2D eigenvalue weighted by atomic mass is 16.5. The highest BCUT2D eigenvalue weighted by Crippen LogP contribution is 2.13. The number of amides is 1. The van der Waals surface area contributed by atoms with Crippen LogP contribution in [0.2, 0.25) is 0 Å². The number of esters is 2. The molecule has 0 unspecified atom stereocenters. The molecule has 0 bridgehead atoms. The zero-order valence-corrected chi connectivity index (χ0v) is 26.6. The van der Waals surface area contributed by atoms with Gasteiger partial charge in [-0.05, 0) is 41.5 Å². The summed E-state index contributed by atoms with van der Waals surface area (Å²) in [7, 11) is 0. The first kappa shape index (κ1) is 33.8. The Labute approximate surface area is 280 Å². The Hall–Kier alpha value is -5.54. The molecule has 0 saturated carbocycles. The third-order valence-electron chi connectivity index (χ3n) is 7.77. The number of oxazole rings is 1. The number of carbonyl (C=O) groups is 3. The van der Waals surface area contributed by atoms with Crippen molar-refractivity contribution in [3.05, 3.63) is 161 Å². The second-order valence-electron chi connectivity index (χ2n) is 11.3. The summed E-state index contributed by atoms with van der Waals surface area (Å²) in [5.74, 6) is -1.02. The number of nitrogens with one attached hydrogen (secondary N) is 2. The van der Waals surface area contributed by atoms with Gasteiger partial charge in [0.05, 0.1) is 6.04 Å². The molecule has 2 N–H and O–H groups in total. The molecule has 5 rings (SSSR count). The van der Waals surface area contributed by atoms with Crippen molar-refractivity contribution < 1.29 is 28.3 Å². The SMILES string of the molecule is O=C(OCc1ccccc1)c1ncoc1CCNC(=O)[C@H](Cc1ccccc1)N[C@@H](CCc1ccccc1)C(=O)OCc1ccccc1. The lowest BCUT2D eigenvalue weighted by Gasteiger charge is -2.25. The minimum Gasteiger partial charge on any atom is -0.460 e. The van der Waals surface area contributed by atoms with E-state index in [1.54, 1.807) is 0 Å². The van der Waals surface area contributed by atoms with Crippen molar-refractivity contribution >= 4 is 17.8 Å². The molecule has 5 aromatic rings. The first-order valence-corrected chi connectivity index (χ1v) is 16.0. The van der Waals surface area contributed by atoms with Gasteiger partial charge >= 0.3 is 11.9 Å². The molecule has 2 atom stereocenters. The zero-order chi connectivity index (χ0) is 33.4. The number of hydrogen-bond acceptors (Lipinski definition) is 8. The highest BCUT2D eigenvalue weighted by Gasteiger charge is 2.28. The lowest BCUT2D eigenvalue weighted by Crippen LogP contribution is -2.52. The molecule has 9 heteroatoms. The molecule has 9 nitrogen and oxygen atoms in total. The standard InChI is InChI=1S/C39H39N3O6/c43-37(40-24-23-35-36(41-28-48-35)39(45)47-27-32-19-11-4-12-20-32)34(25-30-15-7-2-8-16-30)42-33(22-21-29-13-5-1-6-14-29)38(44)46-26-31-17-9-3-10-18-31/h1-20,28,33-34,42H,21-27H2,(H,40,43)/t33-,34-/m0/s1. The Bertz CT molecular complexity index is 1710. The summed E-state index contributed by atoms with van der Waals surface area (Å²) in [4.78, 5) is 43.9. The molecule has 0 aliphatic rings. The van der Waals surface area contributed by atoms with Crippen molar-refractivity contribution in [3.8, 4) is 0 Å². The number of hydrogen-bond donors (Lipinski definition) is 2. The molecule has 246 valence electrons. The van der Waals surface area contributed by atoms with Crippen molar-refractivity contribution in [2.45, 2.75) is 51.0 Å². The predicted molar refractivity (Wildman–Crippen MR) is 181 cm³/mol. The van der Waals surface area contributed by atoms with Gasteiger partial charge in [-0.2, -0.15) is 0 Å². The van der Waals surface area contributed by atoms with E-state index in [0.29, 0.717) is 25.0 Å². The smallest absolute Gasteiger partial charge is 0.360 e. The second kappa shape index (κ2) is 18.0. The monoisotopic (exact) mass is 645 g/mol. The van der Waals surface area contributed by atoms with E-state index in [1.165, 1.54) is 6.39 Å². The minimum atomic E-state index is -0.748. The number of rotatable bonds is 17. The van der Waals surface area contributed by atoms with Crippen molar-refractivity contribution in [2.24, 2.45) is 0 Å². The Morgan fingerprint density at radius 2 is 1.19 bits per heavy atom. The van der Waals surface area contributed by atoms with Crippen LogP contribution >= 0.6 is 0 Å². The first-order valence-electron chi connectivity index (χ1n) is 16.0. The van der Waals surface area contributed by atoms with Gasteiger partial charge in [-0.15, -0.1) is 0 Å². The normalized spacial score (nSPS) is 12.1. The molecular formula is C39H39N3O6. The van der Waals surface area contributed by atoms with Gasteiger partial charge in [-0.3, -0.25) is 14.9 Å². The number of carbonyl (C=O) groups excluding carboxylic acids is 3. The molecule has 0 radical (unpaired) electrons. The molecular weight excluding hydrogens is 606 g/mol. The van der Waals surface area contributed by atoms with E-state index < -0.39 is 24.0 Å². The lowest BCUT2D eigenvalue weighted by molar-refractivity contribution is -0.148. The summed E-state index contributed by atoms with van der Waals surface area (Å²) >= 11 is 0. The molecule has 4 aromatic carbocycles. The van der Waals surface area contributed by atoms with Crippen molar-refractivity contribution in [1.29, 1.82) is 0 Å². The van der Waals surface area contributed by atoms with Crippen molar-refractivity contribution in [3.63, 3.8) is 0 Å². The summed E-state index contributed by atoms with van der Waals surface area (Å²) in [5, 5.41) is 6.27. The third-order valence-corrected chi connectivity index (χ3v) is 7.77. The summed E-state index contributed by atoms with van der Waals surface area (Å²) in [6.07, 6.45) is 2.81. The van der Waals surface area contributed by atoms with Crippen LogP contribution in [0, 0.1) is 0 Å². The van der Waals surface area contributed by atoms with Crippen molar-refractivity contribution in [1.82, 2.24) is 15.6 Å². The molecule has 0 fully saturated rings. The fraction of sp³-hybridized carbons (Fsp3) is 0.231. The first-order chi connectivity index (χ1) is 23.5. The van der Waals surface area contributed by atoms with Crippen LogP contribution in [0.25, 0.3) is 0 Å². The zero-order valence-electron chi connectivity index (χ0n) is 26.6. The fourth-order valence-corrected chi connectivity index (χ4v) is 5.20. The Morgan fingerprint density at radius 3 is 1.79 bits per heavy atom. The molecule has 0 aliphatic carbocycles. The molecule has 1 heterocycles. The van der Waals surface area contributed by atoms with E-state index in [4.69, 9.17) is 13.9 Å². The molecule has 1 amide bonds. The lowest BCUT2D eigenvalue weighted by atomic mass is 10.0. The molecule has 0 aliphatic heterocycles. The maximum absolute atomic E-state index is 13.7. The number of nitrogens with zero attached hydrogens (tertiary/aromatic N) is 1. The number of aromatic nitrogens is 1. The van der Waals surface area contributed by atoms with Gasteiger partial charge in [0, 0.05) is 13.0 Å². The number of aryl methyl sites for hydroxylation is 1. The van der Waals surface area contributed by atoms with Gasteiger partial charge < -0.3 is 19.2 Å². The summed E-state index contributed by atoms with van der Waals surface area (Å²) in [6.45, 7) is 0.411. The van der Waals surface area contributed by atoms with Gasteiger partial charge in [-0.25, -0.2) is 9.78 Å². The van der Waals surface area contributed by atoms with Gasteiger partial charge in [0.25, 0.3) is 0 Å². The maximum Gasteiger partial charge on any atom is 0.360 e. The summed E-state index contributed by atoms with van der Waals surface area (Å²) in [5.41, 5.74) is 3.81. The molecule has 0 saturated heterocycles. The maximum atomic E-state index is 13.7. The van der Waals surface area contributed by atoms with Gasteiger partial charge in [0.2, 0.25) is 5.91 Å². The van der Waals surface area contributed by atoms with Crippen molar-refractivity contribution in [2.75, 3.05) is 6.54 Å². The van der Waals surface area contributed by atoms with Crippen LogP contribution in [0.5, 0.6) is 0 Å². The Morgan fingerprint density at radius 1 is 0.646 bits per heavy atom. The van der Waals surface area contributed by atoms with Crippen LogP contribution in [0.15, 0.2) is 132 Å². The van der Waals surface area contributed by atoms with E-state index in [2.05, 4.69) is 15.6 Å². The summed E-state index contributed by atoms with van der Waals surface area (Å²) in [6, 6.07) is 36.8. The third kappa shape index (κ3) is 10.5. The molecule has 48 heavy (non-hydrogen) atoms. The fourth-order valence-electron chi connectivity index (χ4n) is 5.20. The van der Waals surface area contributed by atoms with Crippen LogP contribution in [0.1, 0.15) is 44.9 Å². The largest absolute Gasteiger partial charge is 0.460 e. The van der Waals surface area contributed by atoms with Gasteiger partial charge in [0.15, 0.2) is 12.1 Å². The van der Waals surface area contributed by atoms with Crippen LogP contribution in [-0.2, 0) is 51.5 Å². The van der Waals surface area contributed by atoms with Crippen LogP contribution < -0.4 is 10.6 Å². The van der Waals surface area contributed by atoms with E-state index in [9.17, 15) is 14.4 Å². The van der Waals surface area contributed by atoms with E-state index in [0.717, 1.165) is 22.3 Å². The van der Waals surface area contributed by atoms with E-state index in [-0.39, 0.29) is 37.8 Å². The Balaban J connectivity index is 1.24. The Kier molecular flexibility index (Phi) is 12.7. The molecule has 1 aromatic heterocycles. The molecule has 0 spiro atoms. The van der Waals surface area contributed by atoms with Crippen LogP contribution in [0.3, 0.4) is 0 Å². The second-order valence-corrected chi connectivity index (χ2v) is 11.3. The van der Waals surface area contributed by atoms with E-state index in [1.807, 2.05) is 121 Å². The minimum absolute atomic E-state index is 0.0706. The number of benzene rings is 4. The van der Waals surface area contributed by atoms with Crippen LogP contribution in [-0.4, -0.2) is 41.5 Å². The average molecular weight is 646 g/mol. The topological polar surface area (TPSA) is 120 Å². The van der Waals surface area contributed by atoms with Gasteiger partial charge in [0.1, 0.15) is 25.0 Å². The van der Waals surface area contributed by atoms with E-state index >= 15 is 0 Å². The van der Waals surface area contributed by atoms with Gasteiger partial charge in [-0.1, -0.05) is 121 Å². The number of ether oxygens (including phenoxy) is 2.